The molecular formula is C6H14F2Si2. The molecule has 0 nitrogen and oxygen atoms in total. The lowest BCUT2D eigenvalue weighted by Gasteiger charge is -2.07. The van der Waals surface area contributed by atoms with Gasteiger partial charge in [0.2, 0.25) is 0 Å². The molecule has 0 atom stereocenters. The van der Waals surface area contributed by atoms with Gasteiger partial charge in [0.05, 0.1) is 0 Å². The molecule has 0 bridgehead atoms. The molecular weight excluding hydrogens is 166 g/mol. The van der Waals surface area contributed by atoms with E-state index in [1.54, 1.807) is 26.2 Å². The average molecular weight is 180 g/mol. The van der Waals surface area contributed by atoms with Crippen molar-refractivity contribution >= 4 is 16.8 Å². The zero-order chi connectivity index (χ0) is 8.41. The van der Waals surface area contributed by atoms with Crippen LogP contribution in [0.15, 0.2) is 11.4 Å². The first-order chi connectivity index (χ1) is 4.21. The topological polar surface area (TPSA) is 0 Å². The Hall–Kier alpha value is 0.0338. The van der Waals surface area contributed by atoms with E-state index in [0.717, 1.165) is 0 Å². The van der Waals surface area contributed by atoms with E-state index in [0.29, 0.717) is 0 Å². The highest BCUT2D eigenvalue weighted by Crippen LogP contribution is 2.10. The van der Waals surface area contributed by atoms with Crippen molar-refractivity contribution in [3.05, 3.63) is 11.4 Å². The highest BCUT2D eigenvalue weighted by Gasteiger charge is 2.20. The molecule has 0 saturated carbocycles. The third-order valence-electron chi connectivity index (χ3n) is 0.876. The summed E-state index contributed by atoms with van der Waals surface area (Å²) in [6.07, 6.45) is 0. The first-order valence-electron chi connectivity index (χ1n) is 3.29. The van der Waals surface area contributed by atoms with Crippen molar-refractivity contribution in [3.63, 3.8) is 0 Å². The summed E-state index contributed by atoms with van der Waals surface area (Å²) in [6, 6.07) is 0. The van der Waals surface area contributed by atoms with Crippen LogP contribution in [-0.4, -0.2) is 16.8 Å². The van der Waals surface area contributed by atoms with Crippen LogP contribution >= 0.6 is 0 Å². The van der Waals surface area contributed by atoms with Crippen LogP contribution in [0.4, 0.5) is 8.22 Å². The normalized spacial score (nSPS) is 14.6. The summed E-state index contributed by atoms with van der Waals surface area (Å²) in [4.78, 5) is 0. The van der Waals surface area contributed by atoms with Crippen molar-refractivity contribution in [3.8, 4) is 0 Å². The SMILES string of the molecule is C[Si](C)(F)C=C[Si](C)(C)F. The molecule has 10 heavy (non-hydrogen) atoms. The van der Waals surface area contributed by atoms with Crippen molar-refractivity contribution in [2.24, 2.45) is 0 Å². The van der Waals surface area contributed by atoms with E-state index >= 15 is 0 Å². The number of rotatable bonds is 2. The van der Waals surface area contributed by atoms with E-state index in [1.165, 1.54) is 11.4 Å². The van der Waals surface area contributed by atoms with Crippen LogP contribution < -0.4 is 0 Å². The predicted octanol–water partition coefficient (Wildman–Crippen LogP) is 2.97. The van der Waals surface area contributed by atoms with E-state index < -0.39 is 16.8 Å². The van der Waals surface area contributed by atoms with Gasteiger partial charge in [0.15, 0.2) is 0 Å². The highest BCUT2D eigenvalue weighted by molar-refractivity contribution is 6.81. The summed E-state index contributed by atoms with van der Waals surface area (Å²) in [7, 11) is -5.31. The van der Waals surface area contributed by atoms with Crippen LogP contribution in [-0.2, 0) is 0 Å². The molecule has 0 saturated heterocycles. The van der Waals surface area contributed by atoms with Gasteiger partial charge in [-0.05, 0) is 26.2 Å². The molecule has 60 valence electrons. The van der Waals surface area contributed by atoms with Gasteiger partial charge in [-0.1, -0.05) is 11.4 Å². The molecule has 0 amide bonds. The van der Waals surface area contributed by atoms with E-state index in [2.05, 4.69) is 0 Å². The van der Waals surface area contributed by atoms with Crippen molar-refractivity contribution in [2.75, 3.05) is 0 Å². The van der Waals surface area contributed by atoms with Gasteiger partial charge in [0.1, 0.15) is 0 Å². The minimum absolute atomic E-state index is 1.43. The Kier molecular flexibility index (Phi) is 2.97. The van der Waals surface area contributed by atoms with Crippen LogP contribution in [0.5, 0.6) is 0 Å². The van der Waals surface area contributed by atoms with E-state index in [1.807, 2.05) is 0 Å². The Bertz CT molecular complexity index is 114. The second kappa shape index (κ2) is 2.96. The van der Waals surface area contributed by atoms with Gasteiger partial charge in [0, 0.05) is 0 Å². The Morgan fingerprint density at radius 2 is 1.00 bits per heavy atom. The van der Waals surface area contributed by atoms with Crippen LogP contribution in [0.25, 0.3) is 0 Å². The van der Waals surface area contributed by atoms with Crippen LogP contribution in [0.1, 0.15) is 0 Å². The molecule has 0 aliphatic carbocycles. The fourth-order valence-corrected chi connectivity index (χ4v) is 3.57. The molecule has 0 heterocycles. The van der Waals surface area contributed by atoms with E-state index in [-0.39, 0.29) is 0 Å². The van der Waals surface area contributed by atoms with Gasteiger partial charge >= 0.3 is 0 Å². The summed E-state index contributed by atoms with van der Waals surface area (Å²) in [5.74, 6) is 0. The number of hydrogen-bond donors (Lipinski definition) is 0. The predicted molar refractivity (Wildman–Crippen MR) is 46.3 cm³/mol. The summed E-state index contributed by atoms with van der Waals surface area (Å²) in [5.41, 5.74) is 2.86. The summed E-state index contributed by atoms with van der Waals surface area (Å²) >= 11 is 0. The molecule has 4 heteroatoms. The second-order valence-corrected chi connectivity index (χ2v) is 10.4. The zero-order valence-electron chi connectivity index (χ0n) is 6.91. The molecule has 0 aliphatic rings. The lowest BCUT2D eigenvalue weighted by molar-refractivity contribution is 0.812. The van der Waals surface area contributed by atoms with E-state index in [9.17, 15) is 8.22 Å². The molecule has 0 N–H and O–H groups in total. The monoisotopic (exact) mass is 180 g/mol. The molecule has 0 spiro atoms. The Balaban J connectivity index is 4.01. The van der Waals surface area contributed by atoms with Gasteiger partial charge in [-0.25, -0.2) is 0 Å². The van der Waals surface area contributed by atoms with Crippen molar-refractivity contribution in [1.29, 1.82) is 0 Å². The Labute approximate surface area is 63.3 Å². The third-order valence-corrected chi connectivity index (χ3v) is 3.13. The van der Waals surface area contributed by atoms with Gasteiger partial charge in [-0.2, -0.15) is 0 Å². The standard InChI is InChI=1S/C6H14F2Si2/c1-9(2,7)5-6-10(3,4)8/h5-6H,1-4H3. The van der Waals surface area contributed by atoms with Crippen LogP contribution in [0, 0.1) is 0 Å². The first-order valence-corrected chi connectivity index (χ1v) is 9.20. The van der Waals surface area contributed by atoms with Gasteiger partial charge in [0.25, 0.3) is 16.8 Å². The minimum atomic E-state index is -2.65. The molecule has 0 unspecified atom stereocenters. The first kappa shape index (κ1) is 10.0. The summed E-state index contributed by atoms with van der Waals surface area (Å²) in [6.45, 7) is 6.18. The number of hydrogen-bond acceptors (Lipinski definition) is 0. The van der Waals surface area contributed by atoms with Gasteiger partial charge in [-0.15, -0.1) is 0 Å². The molecule has 0 aliphatic heterocycles. The molecule has 0 fully saturated rings. The van der Waals surface area contributed by atoms with Crippen LogP contribution in [0.3, 0.4) is 0 Å². The quantitative estimate of drug-likeness (QED) is 0.453. The summed E-state index contributed by atoms with van der Waals surface area (Å²) < 4.78 is 25.7. The third kappa shape index (κ3) is 8.03. The maximum atomic E-state index is 12.8. The molecule has 0 aromatic rings. The average Bonchev–Trinajstić information content (AvgIpc) is 1.57. The van der Waals surface area contributed by atoms with E-state index in [4.69, 9.17) is 0 Å². The lowest BCUT2D eigenvalue weighted by Crippen LogP contribution is -2.20. The lowest BCUT2D eigenvalue weighted by atomic mass is 11.2. The van der Waals surface area contributed by atoms with Gasteiger partial charge < -0.3 is 8.22 Å². The zero-order valence-corrected chi connectivity index (χ0v) is 8.91. The highest BCUT2D eigenvalue weighted by atomic mass is 28.4. The maximum absolute atomic E-state index is 12.8. The number of halogens is 2. The Morgan fingerprint density at radius 1 is 0.800 bits per heavy atom. The smallest absolute Gasteiger partial charge is 0.263 e. The largest absolute Gasteiger partial charge is 0.309 e. The van der Waals surface area contributed by atoms with Crippen molar-refractivity contribution in [2.45, 2.75) is 26.2 Å². The van der Waals surface area contributed by atoms with Gasteiger partial charge in [-0.3, -0.25) is 0 Å². The molecule has 0 radical (unpaired) electrons. The molecule has 0 aromatic carbocycles. The molecule has 0 rings (SSSR count). The van der Waals surface area contributed by atoms with Crippen molar-refractivity contribution in [1.82, 2.24) is 0 Å². The second-order valence-electron chi connectivity index (χ2n) is 3.46. The fraction of sp³-hybridized carbons (Fsp3) is 0.667. The maximum Gasteiger partial charge on any atom is 0.263 e. The van der Waals surface area contributed by atoms with Crippen LogP contribution in [0.2, 0.25) is 26.2 Å². The van der Waals surface area contributed by atoms with Crippen molar-refractivity contribution < 1.29 is 8.22 Å². The Morgan fingerprint density at radius 3 is 1.10 bits per heavy atom. The minimum Gasteiger partial charge on any atom is -0.309 e. The summed E-state index contributed by atoms with van der Waals surface area (Å²) in [5, 5.41) is 0. The molecule has 0 aromatic heterocycles. The fourth-order valence-electron chi connectivity index (χ4n) is 0.396.